The molecular weight excluding hydrogens is 244 g/mol. The Morgan fingerprint density at radius 2 is 2.25 bits per heavy atom. The van der Waals surface area contributed by atoms with Crippen molar-refractivity contribution in [3.63, 3.8) is 0 Å². The van der Waals surface area contributed by atoms with Crippen molar-refractivity contribution in [2.75, 3.05) is 0 Å². The van der Waals surface area contributed by atoms with Crippen LogP contribution in [0, 0.1) is 17.1 Å². The first-order valence-electron chi connectivity index (χ1n) is 3.16. The molecule has 0 fully saturated rings. The molecule has 1 aromatic rings. The SMILES string of the molecule is N#CCc1c(Br)ccc(Cl)c1F. The van der Waals surface area contributed by atoms with Gasteiger partial charge in [0, 0.05) is 10.0 Å². The van der Waals surface area contributed by atoms with Gasteiger partial charge < -0.3 is 0 Å². The fraction of sp³-hybridized carbons (Fsp3) is 0.125. The molecule has 0 saturated heterocycles. The van der Waals surface area contributed by atoms with E-state index >= 15 is 0 Å². The molecule has 1 rings (SSSR count). The van der Waals surface area contributed by atoms with Crippen molar-refractivity contribution >= 4 is 27.5 Å². The first-order valence-corrected chi connectivity index (χ1v) is 4.33. The van der Waals surface area contributed by atoms with Crippen LogP contribution in [0.4, 0.5) is 4.39 Å². The molecule has 0 amide bonds. The summed E-state index contributed by atoms with van der Waals surface area (Å²) in [5.41, 5.74) is 0.310. The zero-order valence-electron chi connectivity index (χ0n) is 5.94. The highest BCUT2D eigenvalue weighted by molar-refractivity contribution is 9.10. The zero-order chi connectivity index (χ0) is 9.14. The van der Waals surface area contributed by atoms with Crippen LogP contribution >= 0.6 is 27.5 Å². The molecule has 0 atom stereocenters. The molecule has 0 aliphatic rings. The van der Waals surface area contributed by atoms with Gasteiger partial charge in [-0.2, -0.15) is 5.26 Å². The highest BCUT2D eigenvalue weighted by atomic mass is 79.9. The molecule has 62 valence electrons. The number of nitrogens with zero attached hydrogens (tertiary/aromatic N) is 1. The van der Waals surface area contributed by atoms with E-state index in [0.29, 0.717) is 10.0 Å². The Bertz CT molecular complexity index is 346. The predicted octanol–water partition coefficient (Wildman–Crippen LogP) is 3.31. The number of nitriles is 1. The summed E-state index contributed by atoms with van der Waals surface area (Å²) in [7, 11) is 0. The lowest BCUT2D eigenvalue weighted by Gasteiger charge is -2.02. The van der Waals surface area contributed by atoms with Crippen LogP contribution in [-0.4, -0.2) is 0 Å². The Hall–Kier alpha value is -0.590. The van der Waals surface area contributed by atoms with Crippen LogP contribution in [0.1, 0.15) is 5.56 Å². The standard InChI is InChI=1S/C8H4BrClFN/c9-6-1-2-7(10)8(11)5(6)3-4-12/h1-2H,3H2. The lowest BCUT2D eigenvalue weighted by Crippen LogP contribution is -1.91. The van der Waals surface area contributed by atoms with Gasteiger partial charge in [0.25, 0.3) is 0 Å². The summed E-state index contributed by atoms with van der Waals surface area (Å²) in [5, 5.41) is 8.42. The lowest BCUT2D eigenvalue weighted by atomic mass is 10.1. The van der Waals surface area contributed by atoms with Crippen LogP contribution in [0.3, 0.4) is 0 Å². The quantitative estimate of drug-likeness (QED) is 0.700. The fourth-order valence-corrected chi connectivity index (χ4v) is 1.43. The van der Waals surface area contributed by atoms with E-state index in [2.05, 4.69) is 15.9 Å². The van der Waals surface area contributed by atoms with Crippen molar-refractivity contribution in [2.24, 2.45) is 0 Å². The monoisotopic (exact) mass is 247 g/mol. The van der Waals surface area contributed by atoms with Gasteiger partial charge in [-0.25, -0.2) is 4.39 Å². The van der Waals surface area contributed by atoms with E-state index in [1.165, 1.54) is 6.07 Å². The number of benzene rings is 1. The third-order valence-electron chi connectivity index (χ3n) is 1.39. The molecule has 0 aliphatic carbocycles. The molecule has 0 heterocycles. The van der Waals surface area contributed by atoms with Crippen LogP contribution in [-0.2, 0) is 6.42 Å². The number of rotatable bonds is 1. The second-order valence-corrected chi connectivity index (χ2v) is 3.42. The van der Waals surface area contributed by atoms with Crippen LogP contribution in [0.15, 0.2) is 16.6 Å². The number of halogens is 3. The Labute approximate surface area is 82.9 Å². The van der Waals surface area contributed by atoms with Gasteiger partial charge in [-0.1, -0.05) is 27.5 Å². The molecule has 0 saturated carbocycles. The summed E-state index contributed by atoms with van der Waals surface area (Å²) in [6.45, 7) is 0. The van der Waals surface area contributed by atoms with Gasteiger partial charge in [0.1, 0.15) is 5.82 Å². The van der Waals surface area contributed by atoms with Crippen molar-refractivity contribution < 1.29 is 4.39 Å². The summed E-state index contributed by atoms with van der Waals surface area (Å²) in [6, 6.07) is 4.93. The molecule has 1 aromatic carbocycles. The fourth-order valence-electron chi connectivity index (χ4n) is 0.810. The molecule has 12 heavy (non-hydrogen) atoms. The van der Waals surface area contributed by atoms with E-state index in [4.69, 9.17) is 16.9 Å². The average Bonchev–Trinajstić information content (AvgIpc) is 2.06. The third-order valence-corrected chi connectivity index (χ3v) is 2.43. The first-order chi connectivity index (χ1) is 5.66. The Kier molecular flexibility index (Phi) is 3.07. The summed E-state index contributed by atoms with van der Waals surface area (Å²) in [4.78, 5) is 0. The van der Waals surface area contributed by atoms with Gasteiger partial charge in [0.2, 0.25) is 0 Å². The molecule has 0 unspecified atom stereocenters. The topological polar surface area (TPSA) is 23.8 Å². The molecule has 0 radical (unpaired) electrons. The van der Waals surface area contributed by atoms with E-state index in [-0.39, 0.29) is 11.4 Å². The Morgan fingerprint density at radius 3 is 2.83 bits per heavy atom. The molecular formula is C8H4BrClFN. The number of hydrogen-bond acceptors (Lipinski definition) is 1. The summed E-state index contributed by atoms with van der Waals surface area (Å²) in [6.07, 6.45) is 0.0208. The predicted molar refractivity (Wildman–Crippen MR) is 48.4 cm³/mol. The van der Waals surface area contributed by atoms with Gasteiger partial charge in [0.15, 0.2) is 0 Å². The maximum atomic E-state index is 13.1. The third kappa shape index (κ3) is 1.77. The first kappa shape index (κ1) is 9.50. The van der Waals surface area contributed by atoms with Gasteiger partial charge in [-0.3, -0.25) is 0 Å². The van der Waals surface area contributed by atoms with Gasteiger partial charge >= 0.3 is 0 Å². The normalized spacial score (nSPS) is 9.50. The second-order valence-electron chi connectivity index (χ2n) is 2.16. The van der Waals surface area contributed by atoms with Crippen molar-refractivity contribution in [1.82, 2.24) is 0 Å². The molecule has 0 N–H and O–H groups in total. The Morgan fingerprint density at radius 1 is 1.58 bits per heavy atom. The van der Waals surface area contributed by atoms with E-state index in [9.17, 15) is 4.39 Å². The zero-order valence-corrected chi connectivity index (χ0v) is 8.28. The van der Waals surface area contributed by atoms with Crippen LogP contribution in [0.2, 0.25) is 5.02 Å². The highest BCUT2D eigenvalue weighted by Gasteiger charge is 2.09. The van der Waals surface area contributed by atoms with Crippen LogP contribution < -0.4 is 0 Å². The van der Waals surface area contributed by atoms with Gasteiger partial charge in [-0.15, -0.1) is 0 Å². The van der Waals surface area contributed by atoms with Crippen LogP contribution in [0.25, 0.3) is 0 Å². The van der Waals surface area contributed by atoms with Gasteiger partial charge in [0.05, 0.1) is 17.5 Å². The molecule has 0 aliphatic heterocycles. The number of hydrogen-bond donors (Lipinski definition) is 0. The summed E-state index contributed by atoms with van der Waals surface area (Å²) in [5.74, 6) is -0.521. The van der Waals surface area contributed by atoms with Crippen molar-refractivity contribution in [3.05, 3.63) is 33.0 Å². The minimum atomic E-state index is -0.521. The molecule has 1 nitrogen and oxygen atoms in total. The van der Waals surface area contributed by atoms with E-state index in [1.54, 1.807) is 6.07 Å². The van der Waals surface area contributed by atoms with Crippen molar-refractivity contribution in [3.8, 4) is 6.07 Å². The molecule has 0 spiro atoms. The molecule has 4 heteroatoms. The van der Waals surface area contributed by atoms with E-state index in [1.807, 2.05) is 6.07 Å². The summed E-state index contributed by atoms with van der Waals surface area (Å²) < 4.78 is 13.7. The molecule has 0 aromatic heterocycles. The lowest BCUT2D eigenvalue weighted by molar-refractivity contribution is 0.614. The van der Waals surface area contributed by atoms with Crippen molar-refractivity contribution in [2.45, 2.75) is 6.42 Å². The van der Waals surface area contributed by atoms with E-state index < -0.39 is 5.82 Å². The second kappa shape index (κ2) is 3.88. The minimum absolute atomic E-state index is 0.0208. The maximum absolute atomic E-state index is 13.1. The average molecular weight is 248 g/mol. The largest absolute Gasteiger partial charge is 0.205 e. The maximum Gasteiger partial charge on any atom is 0.147 e. The van der Waals surface area contributed by atoms with Gasteiger partial charge in [-0.05, 0) is 12.1 Å². The van der Waals surface area contributed by atoms with E-state index in [0.717, 1.165) is 0 Å². The minimum Gasteiger partial charge on any atom is -0.205 e. The van der Waals surface area contributed by atoms with Crippen LogP contribution in [0.5, 0.6) is 0 Å². The highest BCUT2D eigenvalue weighted by Crippen LogP contribution is 2.25. The Balaban J connectivity index is 3.25. The van der Waals surface area contributed by atoms with Crippen molar-refractivity contribution in [1.29, 1.82) is 5.26 Å². The summed E-state index contributed by atoms with van der Waals surface area (Å²) >= 11 is 8.65. The molecule has 0 bridgehead atoms. The smallest absolute Gasteiger partial charge is 0.147 e.